The summed E-state index contributed by atoms with van der Waals surface area (Å²) in [5, 5.41) is 14.5. The summed E-state index contributed by atoms with van der Waals surface area (Å²) >= 11 is 2.26. The van der Waals surface area contributed by atoms with Crippen LogP contribution in [0, 0.1) is 0 Å². The van der Waals surface area contributed by atoms with Crippen LogP contribution in [0.2, 0.25) is 0 Å². The van der Waals surface area contributed by atoms with E-state index in [1.165, 1.54) is 46.7 Å². The number of nitrogens with one attached hydrogen (secondary N) is 2. The molecule has 0 radical (unpaired) electrons. The van der Waals surface area contributed by atoms with Crippen LogP contribution in [-0.4, -0.2) is 58.5 Å². The highest BCUT2D eigenvalue weighted by Gasteiger charge is 2.32. The quantitative estimate of drug-likeness (QED) is 0.0970. The van der Waals surface area contributed by atoms with E-state index >= 15 is 0 Å². The van der Waals surface area contributed by atoms with E-state index in [0.29, 0.717) is 42.1 Å². The van der Waals surface area contributed by atoms with Crippen molar-refractivity contribution in [2.24, 2.45) is 0 Å². The third kappa shape index (κ3) is 6.90. The Morgan fingerprint density at radius 1 is 0.933 bits per heavy atom. The molecule has 1 aliphatic heterocycles. The molecule has 3 amide bonds. The molecule has 3 heterocycles. The largest absolute Gasteiger partial charge is 0.416 e. The fourth-order valence-electron chi connectivity index (χ4n) is 4.89. The van der Waals surface area contributed by atoms with Crippen LogP contribution in [0.1, 0.15) is 45.9 Å². The van der Waals surface area contributed by atoms with Gasteiger partial charge in [-0.15, -0.1) is 21.5 Å². The van der Waals surface area contributed by atoms with E-state index in [0.717, 1.165) is 35.4 Å². The predicted octanol–water partition coefficient (Wildman–Crippen LogP) is 5.22. The molecule has 1 aliphatic rings. The molecule has 15 heteroatoms. The maximum Gasteiger partial charge on any atom is 0.277 e. The van der Waals surface area contributed by atoms with Gasteiger partial charge in [-0.25, -0.2) is 13.4 Å². The SMILES string of the molecule is O=C(CSc1nnc(CCCCCN2C(=O)c3cccc4cccc(c34)C2=O)o1)Nc1ccc(S(=O)(=O)Nc2nccs2)cc1. The molecule has 0 saturated heterocycles. The van der Waals surface area contributed by atoms with E-state index < -0.39 is 10.0 Å². The minimum atomic E-state index is -3.78. The van der Waals surface area contributed by atoms with Crippen LogP contribution in [0.15, 0.2) is 86.8 Å². The first kappa shape index (κ1) is 30.4. The lowest BCUT2D eigenvalue weighted by molar-refractivity contribution is -0.113. The average Bonchev–Trinajstić information content (AvgIpc) is 3.72. The number of nitrogens with zero attached hydrogens (tertiary/aromatic N) is 4. The minimum Gasteiger partial charge on any atom is -0.416 e. The highest BCUT2D eigenvalue weighted by molar-refractivity contribution is 7.99. The Morgan fingerprint density at radius 2 is 1.67 bits per heavy atom. The molecule has 45 heavy (non-hydrogen) atoms. The van der Waals surface area contributed by atoms with Crippen molar-refractivity contribution in [3.63, 3.8) is 0 Å². The standard InChI is InChI=1S/C30H26N6O6S3/c37-24(32-20-11-13-21(14-12-20)45(40,41)35-29-31-15-17-43-29)18-44-30-34-33-25(42-30)10-2-1-3-16-36-27(38)22-8-4-6-19-7-5-9-23(26(19)22)28(36)39/h4-9,11-15,17H,1-3,10,16,18H2,(H,31,35)(H,32,37). The number of hydrogen-bond acceptors (Lipinski definition) is 11. The lowest BCUT2D eigenvalue weighted by Crippen LogP contribution is -2.40. The van der Waals surface area contributed by atoms with Crippen LogP contribution < -0.4 is 10.0 Å². The van der Waals surface area contributed by atoms with Crippen molar-refractivity contribution in [1.82, 2.24) is 20.1 Å². The number of thioether (sulfide) groups is 1. The van der Waals surface area contributed by atoms with Gasteiger partial charge in [-0.05, 0) is 54.6 Å². The minimum absolute atomic E-state index is 0.0159. The number of thiazole rings is 1. The second-order valence-electron chi connectivity index (χ2n) is 10.0. The van der Waals surface area contributed by atoms with Gasteiger partial charge in [0.1, 0.15) is 0 Å². The number of anilines is 2. The van der Waals surface area contributed by atoms with Gasteiger partial charge in [-0.1, -0.05) is 42.4 Å². The molecule has 0 unspecified atom stereocenters. The molecule has 2 N–H and O–H groups in total. The Hall–Kier alpha value is -4.60. The molecule has 0 atom stereocenters. The summed E-state index contributed by atoms with van der Waals surface area (Å²) in [6, 6.07) is 16.8. The fraction of sp³-hybridized carbons (Fsp3) is 0.200. The average molecular weight is 663 g/mol. The second kappa shape index (κ2) is 13.2. The van der Waals surface area contributed by atoms with Crippen molar-refractivity contribution >= 4 is 72.4 Å². The monoisotopic (exact) mass is 662 g/mol. The number of sulfonamides is 1. The van der Waals surface area contributed by atoms with E-state index in [-0.39, 0.29) is 38.7 Å². The van der Waals surface area contributed by atoms with E-state index in [1.54, 1.807) is 17.5 Å². The normalized spacial score (nSPS) is 12.9. The maximum atomic E-state index is 13.0. The smallest absolute Gasteiger partial charge is 0.277 e. The highest BCUT2D eigenvalue weighted by Crippen LogP contribution is 2.30. The third-order valence-electron chi connectivity index (χ3n) is 7.01. The van der Waals surface area contributed by atoms with Gasteiger partial charge in [0, 0.05) is 46.7 Å². The molecule has 0 aliphatic carbocycles. The summed E-state index contributed by atoms with van der Waals surface area (Å²) in [7, 11) is -3.78. The molecule has 230 valence electrons. The van der Waals surface area contributed by atoms with Gasteiger partial charge < -0.3 is 9.73 Å². The molecule has 0 bridgehead atoms. The number of hydrogen-bond donors (Lipinski definition) is 2. The van der Waals surface area contributed by atoms with Crippen molar-refractivity contribution in [2.75, 3.05) is 22.3 Å². The number of rotatable bonds is 13. The van der Waals surface area contributed by atoms with Crippen molar-refractivity contribution in [1.29, 1.82) is 0 Å². The molecular weight excluding hydrogens is 637 g/mol. The molecule has 5 aromatic rings. The van der Waals surface area contributed by atoms with E-state index in [9.17, 15) is 22.8 Å². The number of carbonyl (C=O) groups excluding carboxylic acids is 3. The van der Waals surface area contributed by atoms with Gasteiger partial charge in [0.15, 0.2) is 5.13 Å². The second-order valence-corrected chi connectivity index (χ2v) is 13.6. The summed E-state index contributed by atoms with van der Waals surface area (Å²) in [4.78, 5) is 43.7. The number of aryl methyl sites for hydroxylation is 1. The number of imide groups is 1. The van der Waals surface area contributed by atoms with Crippen molar-refractivity contribution < 1.29 is 27.2 Å². The first-order chi connectivity index (χ1) is 21.8. The van der Waals surface area contributed by atoms with E-state index in [1.807, 2.05) is 24.3 Å². The van der Waals surface area contributed by atoms with Crippen molar-refractivity contribution in [3.8, 4) is 0 Å². The molecule has 0 saturated carbocycles. The Labute approximate surface area is 266 Å². The molecule has 2 aromatic heterocycles. The zero-order valence-electron chi connectivity index (χ0n) is 23.6. The topological polar surface area (TPSA) is 164 Å². The lowest BCUT2D eigenvalue weighted by atomic mass is 9.94. The Balaban J connectivity index is 0.919. The van der Waals surface area contributed by atoms with Gasteiger partial charge in [-0.3, -0.25) is 24.0 Å². The molecule has 0 spiro atoms. The molecule has 12 nitrogen and oxygen atoms in total. The maximum absolute atomic E-state index is 13.0. The van der Waals surface area contributed by atoms with Gasteiger partial charge in [0.2, 0.25) is 11.8 Å². The summed E-state index contributed by atoms with van der Waals surface area (Å²) in [6.07, 6.45) is 4.14. The number of aromatic nitrogens is 3. The molecule has 0 fully saturated rings. The fourth-order valence-corrected chi connectivity index (χ4v) is 7.26. The van der Waals surface area contributed by atoms with Crippen LogP contribution in [0.3, 0.4) is 0 Å². The zero-order chi connectivity index (χ0) is 31.4. The van der Waals surface area contributed by atoms with E-state index in [2.05, 4.69) is 25.2 Å². The summed E-state index contributed by atoms with van der Waals surface area (Å²) in [5.74, 6) is -0.403. The Bertz CT molecular complexity index is 1930. The Morgan fingerprint density at radius 3 is 2.36 bits per heavy atom. The van der Waals surface area contributed by atoms with Crippen LogP contribution in [0.25, 0.3) is 10.8 Å². The summed E-state index contributed by atoms with van der Waals surface area (Å²) in [5.41, 5.74) is 1.54. The van der Waals surface area contributed by atoms with Gasteiger partial charge in [-0.2, -0.15) is 0 Å². The van der Waals surface area contributed by atoms with Gasteiger partial charge in [0.05, 0.1) is 10.6 Å². The zero-order valence-corrected chi connectivity index (χ0v) is 26.1. The number of benzene rings is 3. The van der Waals surface area contributed by atoms with Crippen molar-refractivity contribution in [3.05, 3.63) is 89.3 Å². The number of unbranched alkanes of at least 4 members (excludes halogenated alkanes) is 2. The molecule has 6 rings (SSSR count). The van der Waals surface area contributed by atoms with Crippen LogP contribution >= 0.6 is 23.1 Å². The first-order valence-corrected chi connectivity index (χ1v) is 17.3. The highest BCUT2D eigenvalue weighted by atomic mass is 32.2. The number of carbonyl (C=O) groups is 3. The summed E-state index contributed by atoms with van der Waals surface area (Å²) < 4.78 is 33.0. The summed E-state index contributed by atoms with van der Waals surface area (Å²) in [6.45, 7) is 0.324. The predicted molar refractivity (Wildman–Crippen MR) is 170 cm³/mol. The van der Waals surface area contributed by atoms with Crippen LogP contribution in [0.4, 0.5) is 10.8 Å². The molecule has 3 aromatic carbocycles. The van der Waals surface area contributed by atoms with Crippen molar-refractivity contribution in [2.45, 2.75) is 35.8 Å². The van der Waals surface area contributed by atoms with E-state index in [4.69, 9.17) is 4.42 Å². The Kier molecular flexibility index (Phi) is 8.91. The lowest BCUT2D eigenvalue weighted by Gasteiger charge is -2.27. The number of amides is 3. The third-order valence-corrected chi connectivity index (χ3v) is 10.00. The molecular formula is C30H26N6O6S3. The van der Waals surface area contributed by atoms with Gasteiger partial charge >= 0.3 is 0 Å². The van der Waals surface area contributed by atoms with Crippen LogP contribution in [-0.2, 0) is 21.2 Å². The van der Waals surface area contributed by atoms with Crippen LogP contribution in [0.5, 0.6) is 0 Å². The first-order valence-electron chi connectivity index (χ1n) is 13.9. The van der Waals surface area contributed by atoms with Gasteiger partial charge in [0.25, 0.3) is 27.1 Å².